The Morgan fingerprint density at radius 2 is 1.69 bits per heavy atom. The van der Waals surface area contributed by atoms with Crippen LogP contribution in [0.5, 0.6) is 5.75 Å². The summed E-state index contributed by atoms with van der Waals surface area (Å²) in [6, 6.07) is 13.9. The largest absolute Gasteiger partial charge is 0.497 e. The van der Waals surface area contributed by atoms with Crippen LogP contribution in [0.2, 0.25) is 0 Å². The minimum absolute atomic E-state index is 0.00525. The molecule has 0 radical (unpaired) electrons. The lowest BCUT2D eigenvalue weighted by atomic mass is 9.64. The second kappa shape index (κ2) is 6.40. The van der Waals surface area contributed by atoms with Crippen molar-refractivity contribution in [3.63, 3.8) is 0 Å². The summed E-state index contributed by atoms with van der Waals surface area (Å²) >= 11 is 0. The molecule has 2 aromatic rings. The minimum Gasteiger partial charge on any atom is -0.497 e. The summed E-state index contributed by atoms with van der Waals surface area (Å²) < 4.78 is 24.2. The molecule has 2 bridgehead atoms. The van der Waals surface area contributed by atoms with Gasteiger partial charge in [0, 0.05) is 12.3 Å². The van der Waals surface area contributed by atoms with Crippen LogP contribution in [-0.4, -0.2) is 24.3 Å². The van der Waals surface area contributed by atoms with E-state index in [1.807, 2.05) is 37.3 Å². The second-order valence-electron chi connectivity index (χ2n) is 8.08. The molecule has 2 fully saturated rings. The summed E-state index contributed by atoms with van der Waals surface area (Å²) in [5.74, 6) is 0.0443. The van der Waals surface area contributed by atoms with E-state index in [2.05, 4.69) is 0 Å². The van der Waals surface area contributed by atoms with Gasteiger partial charge < -0.3 is 9.47 Å². The van der Waals surface area contributed by atoms with Crippen LogP contribution < -0.4 is 4.74 Å². The van der Waals surface area contributed by atoms with Crippen molar-refractivity contribution in [2.75, 3.05) is 7.11 Å². The van der Waals surface area contributed by atoms with Crippen LogP contribution >= 0.6 is 0 Å². The number of hydrogen-bond donors (Lipinski definition) is 0. The monoisotopic (exact) mass is 396 g/mol. The highest BCUT2D eigenvalue weighted by Gasteiger charge is 2.61. The Morgan fingerprint density at radius 3 is 2.38 bits per heavy atom. The number of halogens is 1. The zero-order valence-corrected chi connectivity index (χ0v) is 16.2. The Hall–Kier alpha value is -2.70. The summed E-state index contributed by atoms with van der Waals surface area (Å²) in [5.41, 5.74) is 0.666. The van der Waals surface area contributed by atoms with E-state index in [-0.39, 0.29) is 11.7 Å². The van der Waals surface area contributed by atoms with Gasteiger partial charge in [0.05, 0.1) is 12.7 Å². The molecule has 150 valence electrons. The van der Waals surface area contributed by atoms with Crippen molar-refractivity contribution in [2.45, 2.75) is 43.0 Å². The van der Waals surface area contributed by atoms with Gasteiger partial charge in [0.25, 0.3) is 0 Å². The molecular weight excluding hydrogens is 375 g/mol. The summed E-state index contributed by atoms with van der Waals surface area (Å²) in [6.07, 6.45) is 2.33. The van der Waals surface area contributed by atoms with E-state index in [0.29, 0.717) is 18.4 Å². The number of carbonyl (C=O) groups is 1. The number of esters is 1. The Morgan fingerprint density at radius 1 is 1.00 bits per heavy atom. The molecular formula is C23H21FO5. The molecule has 0 N–H and O–H groups in total. The third kappa shape index (κ3) is 2.86. The van der Waals surface area contributed by atoms with Crippen LogP contribution in [0.3, 0.4) is 0 Å². The maximum absolute atomic E-state index is 13.3. The number of rotatable bonds is 3. The fourth-order valence-corrected chi connectivity index (χ4v) is 4.65. The van der Waals surface area contributed by atoms with Crippen molar-refractivity contribution in [2.24, 2.45) is 0 Å². The van der Waals surface area contributed by atoms with Gasteiger partial charge in [-0.05, 0) is 54.8 Å². The van der Waals surface area contributed by atoms with Gasteiger partial charge in [-0.2, -0.15) is 0 Å². The first kappa shape index (κ1) is 18.3. The molecule has 1 aliphatic carbocycles. The van der Waals surface area contributed by atoms with Crippen LogP contribution in [0.4, 0.5) is 4.39 Å². The molecule has 2 aromatic carbocycles. The number of fused-ring (bicyclic) bond motifs is 2. The van der Waals surface area contributed by atoms with Crippen molar-refractivity contribution >= 4 is 5.97 Å². The van der Waals surface area contributed by atoms with E-state index in [0.717, 1.165) is 16.9 Å². The highest BCUT2D eigenvalue weighted by atomic mass is 19.1. The van der Waals surface area contributed by atoms with E-state index >= 15 is 0 Å². The van der Waals surface area contributed by atoms with Crippen LogP contribution in [0.15, 0.2) is 60.2 Å². The van der Waals surface area contributed by atoms with Gasteiger partial charge in [0.1, 0.15) is 28.9 Å². The SMILES string of the molecule is COc1ccc(C2C[C@]34CC(c5ccc(F)cc5)OC(=O)C3=C[C@@]2(C)OO4)cc1. The summed E-state index contributed by atoms with van der Waals surface area (Å²) in [6.45, 7) is 1.91. The van der Waals surface area contributed by atoms with Gasteiger partial charge in [0.2, 0.25) is 0 Å². The highest BCUT2D eigenvalue weighted by Crippen LogP contribution is 2.57. The van der Waals surface area contributed by atoms with Gasteiger partial charge in [0.15, 0.2) is 0 Å². The third-order valence-corrected chi connectivity index (χ3v) is 6.27. The van der Waals surface area contributed by atoms with Crippen molar-refractivity contribution in [3.05, 3.63) is 77.1 Å². The minimum atomic E-state index is -0.892. The molecule has 4 aliphatic rings. The zero-order valence-electron chi connectivity index (χ0n) is 16.2. The summed E-state index contributed by atoms with van der Waals surface area (Å²) in [7, 11) is 1.63. The van der Waals surface area contributed by atoms with Gasteiger partial charge in [-0.1, -0.05) is 24.3 Å². The first-order valence-electron chi connectivity index (χ1n) is 9.63. The summed E-state index contributed by atoms with van der Waals surface area (Å²) in [4.78, 5) is 24.5. The fourth-order valence-electron chi connectivity index (χ4n) is 4.65. The van der Waals surface area contributed by atoms with E-state index in [9.17, 15) is 9.18 Å². The number of benzene rings is 2. The van der Waals surface area contributed by atoms with Crippen LogP contribution in [0.1, 0.15) is 42.9 Å². The van der Waals surface area contributed by atoms with E-state index in [1.165, 1.54) is 12.1 Å². The topological polar surface area (TPSA) is 54.0 Å². The van der Waals surface area contributed by atoms with Crippen LogP contribution in [0.25, 0.3) is 0 Å². The Kier molecular flexibility index (Phi) is 4.05. The average molecular weight is 396 g/mol. The van der Waals surface area contributed by atoms with Crippen molar-refractivity contribution in [3.8, 4) is 5.75 Å². The molecule has 0 amide bonds. The molecule has 5 nitrogen and oxygen atoms in total. The number of cyclic esters (lactones) is 1. The Balaban J connectivity index is 1.51. The normalized spacial score (nSPS) is 32.9. The number of carbonyl (C=O) groups excluding carboxylic acids is 1. The lowest BCUT2D eigenvalue weighted by Crippen LogP contribution is -2.59. The number of hydrogen-bond acceptors (Lipinski definition) is 5. The van der Waals surface area contributed by atoms with Gasteiger partial charge in [-0.25, -0.2) is 19.0 Å². The lowest BCUT2D eigenvalue weighted by Gasteiger charge is -2.55. The highest BCUT2D eigenvalue weighted by molar-refractivity contribution is 5.92. The van der Waals surface area contributed by atoms with Crippen LogP contribution in [-0.2, 0) is 19.3 Å². The van der Waals surface area contributed by atoms with Crippen LogP contribution in [0, 0.1) is 5.82 Å². The van der Waals surface area contributed by atoms with Crippen molar-refractivity contribution < 1.29 is 28.4 Å². The number of methoxy groups -OCH3 is 1. The smallest absolute Gasteiger partial charge is 0.337 e. The predicted octanol–water partition coefficient (Wildman–Crippen LogP) is 4.40. The van der Waals surface area contributed by atoms with Crippen molar-refractivity contribution in [1.82, 2.24) is 0 Å². The molecule has 29 heavy (non-hydrogen) atoms. The zero-order chi connectivity index (χ0) is 20.2. The average Bonchev–Trinajstić information content (AvgIpc) is 2.74. The molecule has 1 spiro atoms. The van der Waals surface area contributed by atoms with Gasteiger partial charge in [-0.15, -0.1) is 0 Å². The third-order valence-electron chi connectivity index (χ3n) is 6.27. The molecule has 6 heteroatoms. The van der Waals surface area contributed by atoms with E-state index < -0.39 is 23.3 Å². The maximum atomic E-state index is 13.3. The first-order valence-corrected chi connectivity index (χ1v) is 9.63. The molecule has 0 saturated carbocycles. The Bertz CT molecular complexity index is 983. The fraction of sp³-hybridized carbons (Fsp3) is 0.348. The quantitative estimate of drug-likeness (QED) is 0.569. The van der Waals surface area contributed by atoms with E-state index in [1.54, 1.807) is 19.2 Å². The van der Waals surface area contributed by atoms with Gasteiger partial charge in [-0.3, -0.25) is 0 Å². The predicted molar refractivity (Wildman–Crippen MR) is 102 cm³/mol. The molecule has 2 saturated heterocycles. The lowest BCUT2D eigenvalue weighted by molar-refractivity contribution is -0.437. The molecule has 3 heterocycles. The molecule has 2 unspecified atom stereocenters. The first-order chi connectivity index (χ1) is 13.9. The van der Waals surface area contributed by atoms with Crippen molar-refractivity contribution in [1.29, 1.82) is 0 Å². The molecule has 3 aliphatic heterocycles. The second-order valence-corrected chi connectivity index (χ2v) is 8.08. The molecule has 0 aromatic heterocycles. The Labute approximate surface area is 168 Å². The maximum Gasteiger partial charge on any atom is 0.337 e. The molecule has 4 atom stereocenters. The number of ether oxygens (including phenoxy) is 2. The van der Waals surface area contributed by atoms with E-state index in [4.69, 9.17) is 19.2 Å². The summed E-state index contributed by atoms with van der Waals surface area (Å²) in [5, 5.41) is 0. The van der Waals surface area contributed by atoms with Gasteiger partial charge >= 0.3 is 5.97 Å². The standard InChI is InChI=1S/C23H21FO5/c1-22-11-19-21(25)27-20(15-3-7-16(24)8-4-15)13-23(19,29-28-22)12-18(22)14-5-9-17(26-2)10-6-14/h3-11,18,20H,12-13H2,1-2H3/t18?,20?,22-,23+/m1/s1. The molecule has 6 rings (SSSR count).